The summed E-state index contributed by atoms with van der Waals surface area (Å²) in [4.78, 5) is 24.3. The first-order valence-corrected chi connectivity index (χ1v) is 8.07. The Kier molecular flexibility index (Phi) is 5.25. The van der Waals surface area contributed by atoms with Crippen molar-refractivity contribution >= 4 is 11.9 Å². The Bertz CT molecular complexity index is 383. The number of rotatable bonds is 4. The largest absolute Gasteiger partial charge is 0.467 e. The molecular weight excluding hydrogens is 268 g/mol. The molecule has 0 radical (unpaired) electrons. The molecule has 0 aliphatic heterocycles. The van der Waals surface area contributed by atoms with Gasteiger partial charge in [-0.05, 0) is 43.4 Å². The van der Waals surface area contributed by atoms with Crippen molar-refractivity contribution in [3.63, 3.8) is 0 Å². The fourth-order valence-corrected chi connectivity index (χ4v) is 3.90. The molecule has 5 heteroatoms. The number of carbonyl (C=O) groups is 2. The van der Waals surface area contributed by atoms with E-state index in [1.807, 2.05) is 13.8 Å². The van der Waals surface area contributed by atoms with Gasteiger partial charge in [0.15, 0.2) is 0 Å². The monoisotopic (exact) mass is 296 g/mol. The molecule has 2 aliphatic rings. The second-order valence-electron chi connectivity index (χ2n) is 6.95. The SMILES string of the molecule is COC(=O)C(NC(=O)C1CC2CCCC(C1)C2N)C(C)C. The van der Waals surface area contributed by atoms with E-state index in [-0.39, 0.29) is 29.8 Å². The zero-order chi connectivity index (χ0) is 15.6. The van der Waals surface area contributed by atoms with Crippen LogP contribution in [0.1, 0.15) is 46.0 Å². The van der Waals surface area contributed by atoms with Crippen LogP contribution in [0, 0.1) is 23.7 Å². The normalized spacial score (nSPS) is 33.4. The lowest BCUT2D eigenvalue weighted by Gasteiger charge is -2.43. The van der Waals surface area contributed by atoms with Crippen LogP contribution >= 0.6 is 0 Å². The third-order valence-electron chi connectivity index (χ3n) is 5.20. The Morgan fingerprint density at radius 1 is 1.19 bits per heavy atom. The van der Waals surface area contributed by atoms with E-state index in [4.69, 9.17) is 10.5 Å². The summed E-state index contributed by atoms with van der Waals surface area (Å²) in [5.41, 5.74) is 6.26. The van der Waals surface area contributed by atoms with Crippen LogP contribution in [0.3, 0.4) is 0 Å². The topological polar surface area (TPSA) is 81.4 Å². The Morgan fingerprint density at radius 3 is 2.24 bits per heavy atom. The number of hydrogen-bond donors (Lipinski definition) is 2. The van der Waals surface area contributed by atoms with Gasteiger partial charge in [-0.25, -0.2) is 4.79 Å². The number of hydrogen-bond acceptors (Lipinski definition) is 4. The van der Waals surface area contributed by atoms with E-state index < -0.39 is 6.04 Å². The van der Waals surface area contributed by atoms with Gasteiger partial charge >= 0.3 is 5.97 Å². The maximum atomic E-state index is 12.5. The molecule has 0 heterocycles. The molecule has 120 valence electrons. The van der Waals surface area contributed by atoms with Gasteiger partial charge in [0.1, 0.15) is 6.04 Å². The lowest BCUT2D eigenvalue weighted by molar-refractivity contribution is -0.147. The summed E-state index contributed by atoms with van der Waals surface area (Å²) in [6, 6.07) is -0.303. The predicted molar refractivity (Wildman–Crippen MR) is 80.3 cm³/mol. The quantitative estimate of drug-likeness (QED) is 0.769. The Labute approximate surface area is 127 Å². The number of fused-ring (bicyclic) bond motifs is 2. The van der Waals surface area contributed by atoms with Gasteiger partial charge in [0.25, 0.3) is 0 Å². The average molecular weight is 296 g/mol. The fourth-order valence-electron chi connectivity index (χ4n) is 3.90. The minimum absolute atomic E-state index is 0.00833. The zero-order valence-electron chi connectivity index (χ0n) is 13.3. The maximum Gasteiger partial charge on any atom is 0.328 e. The van der Waals surface area contributed by atoms with Gasteiger partial charge in [-0.1, -0.05) is 20.3 Å². The molecule has 1 amide bonds. The van der Waals surface area contributed by atoms with Crippen molar-refractivity contribution in [1.29, 1.82) is 0 Å². The van der Waals surface area contributed by atoms with Crippen molar-refractivity contribution in [2.45, 2.75) is 58.0 Å². The van der Waals surface area contributed by atoms with Crippen molar-refractivity contribution in [2.75, 3.05) is 7.11 Å². The summed E-state index contributed by atoms with van der Waals surface area (Å²) in [5, 5.41) is 2.89. The number of nitrogens with one attached hydrogen (secondary N) is 1. The van der Waals surface area contributed by atoms with Crippen LogP contribution in [0.25, 0.3) is 0 Å². The molecule has 2 rings (SSSR count). The lowest BCUT2D eigenvalue weighted by atomic mass is 9.65. The summed E-state index contributed by atoms with van der Waals surface area (Å²) in [6.45, 7) is 3.82. The second kappa shape index (κ2) is 6.77. The van der Waals surface area contributed by atoms with Crippen LogP contribution in [0.2, 0.25) is 0 Å². The molecule has 2 saturated carbocycles. The van der Waals surface area contributed by atoms with Crippen LogP contribution in [0.15, 0.2) is 0 Å². The van der Waals surface area contributed by atoms with E-state index in [2.05, 4.69) is 5.32 Å². The van der Waals surface area contributed by atoms with E-state index in [0.717, 1.165) is 25.7 Å². The number of amides is 1. The number of nitrogens with two attached hydrogens (primary N) is 1. The van der Waals surface area contributed by atoms with Crippen molar-refractivity contribution in [3.8, 4) is 0 Å². The summed E-state index contributed by atoms with van der Waals surface area (Å²) in [6.07, 6.45) is 5.21. The standard InChI is InChI=1S/C16H28N2O3/c1-9(2)14(16(20)21-3)18-15(19)12-7-10-5-4-6-11(8-12)13(10)17/h9-14H,4-8,17H2,1-3H3,(H,18,19). The van der Waals surface area contributed by atoms with Crippen LogP contribution in [-0.2, 0) is 14.3 Å². The summed E-state index contributed by atoms with van der Waals surface area (Å²) >= 11 is 0. The van der Waals surface area contributed by atoms with Gasteiger partial charge in [0.2, 0.25) is 5.91 Å². The van der Waals surface area contributed by atoms with Gasteiger partial charge in [0, 0.05) is 12.0 Å². The van der Waals surface area contributed by atoms with Crippen molar-refractivity contribution in [2.24, 2.45) is 29.4 Å². The molecule has 0 aromatic carbocycles. The smallest absolute Gasteiger partial charge is 0.328 e. The first-order chi connectivity index (χ1) is 9.93. The Hall–Kier alpha value is -1.10. The molecule has 0 saturated heterocycles. The lowest BCUT2D eigenvalue weighted by Crippen LogP contribution is -2.52. The summed E-state index contributed by atoms with van der Waals surface area (Å²) < 4.78 is 4.78. The molecule has 5 nitrogen and oxygen atoms in total. The number of carbonyl (C=O) groups excluding carboxylic acids is 2. The summed E-state index contributed by atoms with van der Waals surface area (Å²) in [7, 11) is 1.36. The minimum atomic E-state index is -0.557. The maximum absolute atomic E-state index is 12.5. The summed E-state index contributed by atoms with van der Waals surface area (Å²) in [5.74, 6) is 0.555. The molecule has 0 aromatic heterocycles. The van der Waals surface area contributed by atoms with Crippen LogP contribution < -0.4 is 11.1 Å². The third kappa shape index (κ3) is 3.57. The third-order valence-corrected chi connectivity index (χ3v) is 5.20. The highest BCUT2D eigenvalue weighted by atomic mass is 16.5. The molecule has 0 aromatic rings. The molecule has 2 fully saturated rings. The van der Waals surface area contributed by atoms with Crippen LogP contribution in [0.4, 0.5) is 0 Å². The number of methoxy groups -OCH3 is 1. The Morgan fingerprint density at radius 2 is 1.76 bits per heavy atom. The molecule has 21 heavy (non-hydrogen) atoms. The molecule has 2 bridgehead atoms. The first-order valence-electron chi connectivity index (χ1n) is 8.07. The highest BCUT2D eigenvalue weighted by Gasteiger charge is 2.41. The van der Waals surface area contributed by atoms with Gasteiger partial charge in [-0.15, -0.1) is 0 Å². The predicted octanol–water partition coefficient (Wildman–Crippen LogP) is 1.45. The Balaban J connectivity index is 1.98. The average Bonchev–Trinajstić information content (AvgIpc) is 2.43. The first kappa shape index (κ1) is 16.3. The number of esters is 1. The molecular formula is C16H28N2O3. The molecule has 0 spiro atoms. The van der Waals surface area contributed by atoms with Crippen molar-refractivity contribution in [3.05, 3.63) is 0 Å². The van der Waals surface area contributed by atoms with Gasteiger partial charge in [-0.2, -0.15) is 0 Å². The van der Waals surface area contributed by atoms with Gasteiger partial charge < -0.3 is 15.8 Å². The van der Waals surface area contributed by atoms with Crippen molar-refractivity contribution < 1.29 is 14.3 Å². The van der Waals surface area contributed by atoms with Gasteiger partial charge in [0.05, 0.1) is 7.11 Å². The van der Waals surface area contributed by atoms with Crippen LogP contribution in [-0.4, -0.2) is 31.1 Å². The van der Waals surface area contributed by atoms with E-state index in [9.17, 15) is 9.59 Å². The van der Waals surface area contributed by atoms with E-state index in [1.165, 1.54) is 13.5 Å². The highest BCUT2D eigenvalue weighted by molar-refractivity contribution is 5.86. The molecule has 2 aliphatic carbocycles. The zero-order valence-corrected chi connectivity index (χ0v) is 13.3. The molecule has 3 unspecified atom stereocenters. The number of ether oxygens (including phenoxy) is 1. The molecule has 3 atom stereocenters. The van der Waals surface area contributed by atoms with E-state index >= 15 is 0 Å². The van der Waals surface area contributed by atoms with E-state index in [0.29, 0.717) is 11.8 Å². The molecule has 3 N–H and O–H groups in total. The van der Waals surface area contributed by atoms with Gasteiger partial charge in [-0.3, -0.25) is 4.79 Å². The minimum Gasteiger partial charge on any atom is -0.467 e. The fraction of sp³-hybridized carbons (Fsp3) is 0.875. The second-order valence-corrected chi connectivity index (χ2v) is 6.95. The highest BCUT2D eigenvalue weighted by Crippen LogP contribution is 2.41. The van der Waals surface area contributed by atoms with E-state index in [1.54, 1.807) is 0 Å². The van der Waals surface area contributed by atoms with Crippen LogP contribution in [0.5, 0.6) is 0 Å². The van der Waals surface area contributed by atoms with Crippen molar-refractivity contribution in [1.82, 2.24) is 5.32 Å².